The quantitative estimate of drug-likeness (QED) is 0.0259. The van der Waals surface area contributed by atoms with Gasteiger partial charge in [0.05, 0.1) is 40.3 Å². The summed E-state index contributed by atoms with van der Waals surface area (Å²) in [7, 11) is 5.41. The molecular weight excluding hydrogens is 859 g/mol. The molecule has 0 saturated carbocycles. The van der Waals surface area contributed by atoms with Crippen LogP contribution in [0.4, 0.5) is 0 Å². The Morgan fingerprint density at radius 1 is 0.435 bits per heavy atom. The smallest absolute Gasteiger partial charge is 0.306 e. The lowest BCUT2D eigenvalue weighted by atomic mass is 10.0. The molecule has 0 aliphatic heterocycles. The minimum Gasteiger partial charge on any atom is -0.544 e. The minimum absolute atomic E-state index is 0.0325. The van der Waals surface area contributed by atoms with Gasteiger partial charge in [-0.05, 0) is 89.9 Å². The van der Waals surface area contributed by atoms with Gasteiger partial charge in [0.25, 0.3) is 0 Å². The first kappa shape index (κ1) is 65.2. The second-order valence-corrected chi connectivity index (χ2v) is 19.4. The van der Waals surface area contributed by atoms with Crippen molar-refractivity contribution >= 4 is 17.9 Å². The molecule has 69 heavy (non-hydrogen) atoms. The second-order valence-electron chi connectivity index (χ2n) is 19.4. The van der Waals surface area contributed by atoms with Crippen LogP contribution in [0.5, 0.6) is 0 Å². The number of carboxylic acid groups (broad SMARTS) is 1. The first-order chi connectivity index (χ1) is 33.6. The van der Waals surface area contributed by atoms with Crippen molar-refractivity contribution in [2.45, 2.75) is 231 Å². The van der Waals surface area contributed by atoms with E-state index >= 15 is 0 Å². The van der Waals surface area contributed by atoms with Crippen LogP contribution in [0.3, 0.4) is 0 Å². The Bertz CT molecular complexity index is 1450. The molecule has 2 atom stereocenters. The number of aliphatic carboxylic acids is 1. The first-order valence-electron chi connectivity index (χ1n) is 27.8. The maximum absolute atomic E-state index is 12.8. The number of nitrogens with zero attached hydrogens (tertiary/aromatic N) is 1. The maximum atomic E-state index is 12.8. The molecule has 2 unspecified atom stereocenters. The number of carboxylic acids is 1. The molecule has 0 fully saturated rings. The molecule has 0 aromatic rings. The predicted octanol–water partition coefficient (Wildman–Crippen LogP) is 15.3. The molecule has 0 N–H and O–H groups in total. The largest absolute Gasteiger partial charge is 0.544 e. The van der Waals surface area contributed by atoms with Crippen LogP contribution in [0, 0.1) is 0 Å². The topological polar surface area (TPSA) is 102 Å². The number of ether oxygens (including phenoxy) is 3. The molecule has 0 aliphatic rings. The minimum atomic E-state index is -1.13. The molecule has 0 aliphatic carbocycles. The van der Waals surface area contributed by atoms with Gasteiger partial charge in [0.2, 0.25) is 0 Å². The summed E-state index contributed by atoms with van der Waals surface area (Å²) < 4.78 is 17.3. The fourth-order valence-corrected chi connectivity index (χ4v) is 7.76. The predicted molar refractivity (Wildman–Crippen MR) is 291 cm³/mol. The number of rotatable bonds is 49. The van der Waals surface area contributed by atoms with E-state index in [2.05, 4.69) is 111 Å². The van der Waals surface area contributed by atoms with Gasteiger partial charge in [-0.25, -0.2) is 0 Å². The summed E-state index contributed by atoms with van der Waals surface area (Å²) in [4.78, 5) is 37.2. The molecule has 0 radical (unpaired) electrons. The number of carbonyl (C=O) groups is 3. The summed E-state index contributed by atoms with van der Waals surface area (Å²) in [6.07, 6.45) is 68.7. The Morgan fingerprint density at radius 2 is 0.768 bits per heavy atom. The fraction of sp³-hybridized carbons (Fsp3) is 0.689. The van der Waals surface area contributed by atoms with E-state index in [1.807, 2.05) is 0 Å². The number of hydrogen-bond acceptors (Lipinski definition) is 7. The van der Waals surface area contributed by atoms with E-state index < -0.39 is 18.1 Å². The number of quaternary nitrogens is 1. The third kappa shape index (κ3) is 49.0. The van der Waals surface area contributed by atoms with E-state index in [9.17, 15) is 19.5 Å². The van der Waals surface area contributed by atoms with Gasteiger partial charge < -0.3 is 28.6 Å². The maximum Gasteiger partial charge on any atom is 0.306 e. The summed E-state index contributed by atoms with van der Waals surface area (Å²) in [5.74, 6) is -1.75. The Labute approximate surface area is 424 Å². The average Bonchev–Trinajstić information content (AvgIpc) is 3.31. The van der Waals surface area contributed by atoms with E-state index in [-0.39, 0.29) is 42.7 Å². The van der Waals surface area contributed by atoms with Crippen molar-refractivity contribution in [3.05, 3.63) is 97.2 Å². The number of unbranched alkanes of at least 4 members (excludes halogenated alkanes) is 19. The molecule has 0 heterocycles. The summed E-state index contributed by atoms with van der Waals surface area (Å²) >= 11 is 0. The van der Waals surface area contributed by atoms with Gasteiger partial charge in [-0.3, -0.25) is 9.59 Å². The zero-order chi connectivity index (χ0) is 50.6. The van der Waals surface area contributed by atoms with Crippen LogP contribution < -0.4 is 5.11 Å². The van der Waals surface area contributed by atoms with Crippen molar-refractivity contribution in [1.82, 2.24) is 0 Å². The first-order valence-corrected chi connectivity index (χ1v) is 27.8. The van der Waals surface area contributed by atoms with Crippen LogP contribution in [-0.2, 0) is 28.6 Å². The van der Waals surface area contributed by atoms with Crippen LogP contribution in [0.25, 0.3) is 0 Å². The van der Waals surface area contributed by atoms with Crippen molar-refractivity contribution in [1.29, 1.82) is 0 Å². The molecule has 0 aromatic heterocycles. The molecule has 8 nitrogen and oxygen atoms in total. The van der Waals surface area contributed by atoms with Crippen molar-refractivity contribution in [2.24, 2.45) is 0 Å². The number of esters is 2. The number of allylic oxidation sites excluding steroid dienone is 16. The SMILES string of the molecule is CC/C=C/C/C=C/C/C=C/C/C=C/CCCCCCCCCCCCC(=O)OC(COCCC(C(=O)[O-])[N+](C)(C)C)COC(=O)CCCCCCCCCCC/C=C/C/C=C/C/C=C/C/C=C/CC. The zero-order valence-corrected chi connectivity index (χ0v) is 44.9. The Kier molecular flexibility index (Phi) is 47.9. The van der Waals surface area contributed by atoms with Crippen molar-refractivity contribution in [3.63, 3.8) is 0 Å². The summed E-state index contributed by atoms with van der Waals surface area (Å²) in [5.41, 5.74) is 0. The molecule has 0 amide bonds. The highest BCUT2D eigenvalue weighted by atomic mass is 16.6. The standard InChI is InChI=1S/C61H103NO7/c1-6-8-10-12-14-16-18-20-22-24-26-28-30-32-34-36-38-40-42-44-46-48-50-52-60(64)69-57(55-67-54-53-58(61(65)66)62(3,4)5)56-68-59(63)51-49-47-45-43-41-39-37-35-33-31-29-27-25-23-21-19-17-15-13-11-9-7-2/h8-11,14-17,20-23,26-29,57-58H,6-7,12-13,18-19,24-25,30-56H2,1-5H3/b10-8+,11-9+,16-14+,17-15+,22-20+,23-21+,28-26+,29-27+. The van der Waals surface area contributed by atoms with Crippen molar-refractivity contribution < 1.29 is 38.2 Å². The van der Waals surface area contributed by atoms with Crippen LogP contribution in [-0.4, -0.2) is 75.5 Å². The molecule has 0 bridgehead atoms. The summed E-state index contributed by atoms with van der Waals surface area (Å²) in [6, 6.07) is -0.733. The highest BCUT2D eigenvalue weighted by Crippen LogP contribution is 2.15. The highest BCUT2D eigenvalue weighted by molar-refractivity contribution is 5.70. The van der Waals surface area contributed by atoms with E-state index in [0.29, 0.717) is 12.8 Å². The lowest BCUT2D eigenvalue weighted by molar-refractivity contribution is -0.889. The average molecular weight is 962 g/mol. The van der Waals surface area contributed by atoms with Gasteiger partial charge in [0, 0.05) is 19.3 Å². The molecule has 0 spiro atoms. The van der Waals surface area contributed by atoms with E-state index in [0.717, 1.165) is 103 Å². The van der Waals surface area contributed by atoms with Gasteiger partial charge in [0.15, 0.2) is 6.10 Å². The van der Waals surface area contributed by atoms with Gasteiger partial charge in [0.1, 0.15) is 12.6 Å². The van der Waals surface area contributed by atoms with Crippen LogP contribution in [0.15, 0.2) is 97.2 Å². The third-order valence-electron chi connectivity index (χ3n) is 12.0. The molecular formula is C61H103NO7. The summed E-state index contributed by atoms with van der Waals surface area (Å²) in [5, 5.41) is 11.7. The molecule has 8 heteroatoms. The van der Waals surface area contributed by atoms with Crippen LogP contribution >= 0.6 is 0 Å². The van der Waals surface area contributed by atoms with Gasteiger partial charge in [-0.1, -0.05) is 207 Å². The zero-order valence-electron chi connectivity index (χ0n) is 44.9. The second kappa shape index (κ2) is 50.6. The molecule has 0 rings (SSSR count). The van der Waals surface area contributed by atoms with E-state index in [1.54, 1.807) is 21.1 Å². The number of likely N-dealkylation sites (N-methyl/N-ethyl adjacent to an activating group) is 1. The third-order valence-corrected chi connectivity index (χ3v) is 12.0. The lowest BCUT2D eigenvalue weighted by Gasteiger charge is -2.34. The molecule has 0 aromatic carbocycles. The number of hydrogen-bond donors (Lipinski definition) is 0. The summed E-state index contributed by atoms with van der Waals surface area (Å²) in [6.45, 7) is 4.44. The monoisotopic (exact) mass is 962 g/mol. The van der Waals surface area contributed by atoms with Crippen LogP contribution in [0.1, 0.15) is 219 Å². The van der Waals surface area contributed by atoms with Crippen molar-refractivity contribution in [3.8, 4) is 0 Å². The lowest BCUT2D eigenvalue weighted by Crippen LogP contribution is -2.55. The highest BCUT2D eigenvalue weighted by Gasteiger charge is 2.25. The Morgan fingerprint density at radius 3 is 1.13 bits per heavy atom. The van der Waals surface area contributed by atoms with Crippen LogP contribution in [0.2, 0.25) is 0 Å². The Balaban J connectivity index is 4.22. The molecule has 0 saturated heterocycles. The normalized spacial score (nSPS) is 13.6. The molecule has 394 valence electrons. The van der Waals surface area contributed by atoms with Gasteiger partial charge >= 0.3 is 11.9 Å². The number of carbonyl (C=O) groups excluding carboxylic acids is 3. The van der Waals surface area contributed by atoms with Gasteiger partial charge in [-0.2, -0.15) is 0 Å². The van der Waals surface area contributed by atoms with Gasteiger partial charge in [-0.15, -0.1) is 0 Å². The van der Waals surface area contributed by atoms with Crippen molar-refractivity contribution in [2.75, 3.05) is 41.0 Å². The van der Waals surface area contributed by atoms with E-state index in [4.69, 9.17) is 14.2 Å². The fourth-order valence-electron chi connectivity index (χ4n) is 7.76. The van der Waals surface area contributed by atoms with E-state index in [1.165, 1.54) is 83.5 Å². The Hall–Kier alpha value is -3.75.